The predicted molar refractivity (Wildman–Crippen MR) is 181 cm³/mol. The highest BCUT2D eigenvalue weighted by Gasteiger charge is 2.50. The summed E-state index contributed by atoms with van der Waals surface area (Å²) < 4.78 is 14.2. The summed E-state index contributed by atoms with van der Waals surface area (Å²) in [6, 6.07) is 23.6. The number of hydrogen-bond donors (Lipinski definition) is 3. The van der Waals surface area contributed by atoms with Gasteiger partial charge in [0.2, 0.25) is 0 Å². The lowest BCUT2D eigenvalue weighted by Gasteiger charge is -2.36. The lowest BCUT2D eigenvalue weighted by atomic mass is 9.95. The molecule has 0 saturated carbocycles. The summed E-state index contributed by atoms with van der Waals surface area (Å²) in [5.74, 6) is 1.07. The minimum absolute atomic E-state index is 0.0607. The second kappa shape index (κ2) is 14.4. The maximum absolute atomic E-state index is 12.8. The highest BCUT2D eigenvalue weighted by Crippen LogP contribution is 2.46. The Morgan fingerprint density at radius 3 is 2.51 bits per heavy atom. The van der Waals surface area contributed by atoms with Crippen LogP contribution in [0.25, 0.3) is 0 Å². The number of nitrogen functional groups attached to an aromatic ring is 1. The Balaban J connectivity index is 1.29. The molecule has 4 aromatic rings. The van der Waals surface area contributed by atoms with Gasteiger partial charge in [-0.2, -0.15) is 0 Å². The van der Waals surface area contributed by atoms with Gasteiger partial charge in [-0.05, 0) is 84.8 Å². The van der Waals surface area contributed by atoms with Gasteiger partial charge in [0.25, 0.3) is 5.91 Å². The maximum Gasteiger partial charge on any atom is 0.255 e. The van der Waals surface area contributed by atoms with Crippen LogP contribution in [0.5, 0.6) is 5.75 Å². The van der Waals surface area contributed by atoms with E-state index >= 15 is 0 Å². The van der Waals surface area contributed by atoms with Crippen LogP contribution in [0, 0.1) is 5.92 Å². The number of nitrogens with one attached hydrogen (secondary N) is 1. The fourth-order valence-electron chi connectivity index (χ4n) is 6.80. The zero-order valence-corrected chi connectivity index (χ0v) is 27.6. The number of carbonyl (C=O) groups excluding carboxylic acids is 1. The Morgan fingerprint density at radius 2 is 1.80 bits per heavy atom. The van der Waals surface area contributed by atoms with Gasteiger partial charge in [0, 0.05) is 42.7 Å². The van der Waals surface area contributed by atoms with E-state index in [4.69, 9.17) is 15.2 Å². The molecular formula is C35H45N5O4Si. The van der Waals surface area contributed by atoms with Crippen LogP contribution in [0.15, 0.2) is 79.0 Å². The Kier molecular flexibility index (Phi) is 10.4. The summed E-state index contributed by atoms with van der Waals surface area (Å²) in [7, 11) is -0.282. The van der Waals surface area contributed by atoms with E-state index in [0.717, 1.165) is 42.0 Å². The molecule has 1 fully saturated rings. The van der Waals surface area contributed by atoms with Crippen LogP contribution in [0.3, 0.4) is 0 Å². The number of nitrogens with zero attached hydrogens (tertiary/aromatic N) is 3. The average molecular weight is 628 g/mol. The predicted octanol–water partition coefficient (Wildman–Crippen LogP) is 5.07. The zero-order chi connectivity index (χ0) is 32.0. The van der Waals surface area contributed by atoms with Crippen molar-refractivity contribution in [3.05, 3.63) is 95.8 Å². The summed E-state index contributed by atoms with van der Waals surface area (Å²) >= 11 is 0. The van der Waals surface area contributed by atoms with Gasteiger partial charge >= 0.3 is 0 Å². The van der Waals surface area contributed by atoms with Crippen LogP contribution in [0.4, 0.5) is 11.4 Å². The first-order chi connectivity index (χ1) is 21.7. The minimum Gasteiger partial charge on any atom is -0.497 e. The second-order valence-corrected chi connectivity index (χ2v) is 17.3. The summed E-state index contributed by atoms with van der Waals surface area (Å²) in [6.45, 7) is 8.03. The van der Waals surface area contributed by atoms with Crippen LogP contribution in [-0.4, -0.2) is 60.0 Å². The summed E-state index contributed by atoms with van der Waals surface area (Å²) in [5.41, 5.74) is 10.1. The minimum atomic E-state index is -1.98. The van der Waals surface area contributed by atoms with Crippen molar-refractivity contribution in [1.82, 2.24) is 15.0 Å². The van der Waals surface area contributed by atoms with E-state index in [1.54, 1.807) is 31.4 Å². The van der Waals surface area contributed by atoms with E-state index in [1.807, 2.05) is 23.0 Å². The first-order valence-corrected chi connectivity index (χ1v) is 18.8. The lowest BCUT2D eigenvalue weighted by Crippen LogP contribution is -2.50. The first-order valence-electron chi connectivity index (χ1n) is 15.7. The molecule has 0 unspecified atom stereocenters. The third-order valence-corrected chi connectivity index (χ3v) is 13.6. The van der Waals surface area contributed by atoms with Gasteiger partial charge < -0.3 is 25.6 Å². The van der Waals surface area contributed by atoms with Gasteiger partial charge in [-0.3, -0.25) is 9.48 Å². The fraction of sp³-hybridized carbons (Fsp3) is 0.400. The van der Waals surface area contributed by atoms with Crippen LogP contribution in [0.1, 0.15) is 41.4 Å². The third kappa shape index (κ3) is 7.81. The number of hydrogen-bond acceptors (Lipinski definition) is 7. The number of nitrogens with two attached hydrogens (primary N) is 1. The largest absolute Gasteiger partial charge is 0.497 e. The van der Waals surface area contributed by atoms with Crippen LogP contribution in [0.2, 0.25) is 18.6 Å². The molecule has 1 aliphatic rings. The molecular weight excluding hydrogens is 583 g/mol. The summed E-state index contributed by atoms with van der Waals surface area (Å²) in [5, 5.41) is 22.2. The molecule has 0 aliphatic carbocycles. The Hall–Kier alpha value is -3.99. The molecule has 238 valence electrons. The molecule has 0 spiro atoms. The smallest absolute Gasteiger partial charge is 0.255 e. The molecule has 1 aliphatic heterocycles. The van der Waals surface area contributed by atoms with Crippen molar-refractivity contribution < 1.29 is 19.4 Å². The van der Waals surface area contributed by atoms with Gasteiger partial charge in [-0.15, -0.1) is 5.10 Å². The first kappa shape index (κ1) is 32.4. The van der Waals surface area contributed by atoms with Gasteiger partial charge in [0.15, 0.2) is 0 Å². The number of ether oxygens (including phenoxy) is 2. The quantitative estimate of drug-likeness (QED) is 0.140. The van der Waals surface area contributed by atoms with Crippen molar-refractivity contribution in [1.29, 1.82) is 0 Å². The number of aliphatic hydroxyl groups is 1. The number of benzene rings is 3. The molecule has 5 rings (SSSR count). The molecule has 3 aromatic carbocycles. The van der Waals surface area contributed by atoms with E-state index in [0.29, 0.717) is 35.7 Å². The molecule has 1 amide bonds. The molecule has 0 bridgehead atoms. The second-order valence-electron chi connectivity index (χ2n) is 12.6. The van der Waals surface area contributed by atoms with Crippen LogP contribution in [-0.2, 0) is 24.1 Å². The van der Waals surface area contributed by atoms with Crippen molar-refractivity contribution in [3.8, 4) is 5.75 Å². The fourth-order valence-corrected chi connectivity index (χ4v) is 10.9. The Morgan fingerprint density at radius 1 is 1.04 bits per heavy atom. The highest BCUT2D eigenvalue weighted by molar-refractivity contribution is 6.91. The molecule has 1 saturated heterocycles. The van der Waals surface area contributed by atoms with Crippen molar-refractivity contribution in [2.75, 3.05) is 24.8 Å². The zero-order valence-electron chi connectivity index (χ0n) is 26.6. The topological polar surface area (TPSA) is 125 Å². The number of aryl methyl sites for hydroxylation is 2. The number of carbonyl (C=O) groups is 1. The monoisotopic (exact) mass is 627 g/mol. The van der Waals surface area contributed by atoms with E-state index in [9.17, 15) is 9.90 Å². The number of aliphatic hydroxyl groups excluding tert-OH is 1. The number of methoxy groups -OCH3 is 1. The highest BCUT2D eigenvalue weighted by atomic mass is 28.3. The van der Waals surface area contributed by atoms with Gasteiger partial charge in [0.05, 0.1) is 33.1 Å². The van der Waals surface area contributed by atoms with E-state index in [2.05, 4.69) is 72.0 Å². The number of anilines is 2. The van der Waals surface area contributed by atoms with E-state index in [-0.39, 0.29) is 24.7 Å². The standard InChI is InChI=1S/C35H45N5O4Si/c1-24-32(17-8-25-6-5-7-28(22-25)37-35(42)26-9-11-27(36)12-10-26)44-33(18-20-40-23-29(19-21-41)38-39-40)34(24)45(3,4)31-15-13-30(43-2)14-16-31/h5-7,9-16,22-24,32-34,41H,8,17-21,36H2,1-4H3,(H,37,42)/t24-,32+,33-,34+/m0/s1. The number of rotatable bonds is 13. The SMILES string of the molecule is COc1ccc([Si](C)(C)[C@@H]2[C@@H](C)[C@@H](CCc3cccc(NC(=O)c4ccc(N)cc4)c3)O[C@H]2CCn2cc(CCO)nn2)cc1. The van der Waals surface area contributed by atoms with Gasteiger partial charge in [-0.1, -0.05) is 54.7 Å². The van der Waals surface area contributed by atoms with Gasteiger partial charge in [-0.25, -0.2) is 0 Å². The van der Waals surface area contributed by atoms with Crippen molar-refractivity contribution in [2.45, 2.75) is 70.0 Å². The Bertz CT molecular complexity index is 1560. The Labute approximate surface area is 266 Å². The summed E-state index contributed by atoms with van der Waals surface area (Å²) in [6.07, 6.45) is 5.20. The normalized spacial score (nSPS) is 19.8. The third-order valence-electron chi connectivity index (χ3n) is 9.24. The average Bonchev–Trinajstić information content (AvgIpc) is 3.63. The van der Waals surface area contributed by atoms with Crippen molar-refractivity contribution in [2.24, 2.45) is 5.92 Å². The molecule has 1 aromatic heterocycles. The van der Waals surface area contributed by atoms with E-state index in [1.165, 1.54) is 5.19 Å². The molecule has 2 heterocycles. The van der Waals surface area contributed by atoms with Gasteiger partial charge in [0.1, 0.15) is 5.75 Å². The van der Waals surface area contributed by atoms with E-state index < -0.39 is 8.07 Å². The lowest BCUT2D eigenvalue weighted by molar-refractivity contribution is 0.0249. The molecule has 0 radical (unpaired) electrons. The molecule has 45 heavy (non-hydrogen) atoms. The van der Waals surface area contributed by atoms with Crippen LogP contribution < -0.4 is 21.0 Å². The molecule has 4 atom stereocenters. The van der Waals surface area contributed by atoms with Crippen molar-refractivity contribution in [3.63, 3.8) is 0 Å². The van der Waals surface area contributed by atoms with Crippen LogP contribution >= 0.6 is 0 Å². The molecule has 10 heteroatoms. The number of amides is 1. The maximum atomic E-state index is 12.8. The number of aromatic nitrogens is 3. The molecule has 4 N–H and O–H groups in total. The van der Waals surface area contributed by atoms with Crippen molar-refractivity contribution >= 4 is 30.5 Å². The summed E-state index contributed by atoms with van der Waals surface area (Å²) in [4.78, 5) is 12.8. The molecule has 9 nitrogen and oxygen atoms in total.